The van der Waals surface area contributed by atoms with Gasteiger partial charge in [-0.05, 0) is 50.5 Å². The van der Waals surface area contributed by atoms with Crippen molar-refractivity contribution in [1.29, 1.82) is 0 Å². The maximum Gasteiger partial charge on any atom is 0.387 e. The third kappa shape index (κ3) is 4.78. The zero-order chi connectivity index (χ0) is 21.8. The maximum absolute atomic E-state index is 12.9. The van der Waals surface area contributed by atoms with Crippen molar-refractivity contribution in [3.8, 4) is 11.5 Å². The number of hydrogen-bond donors (Lipinski definition) is 0. The maximum atomic E-state index is 12.9. The summed E-state index contributed by atoms with van der Waals surface area (Å²) in [5, 5.41) is 0. The number of halogens is 2. The molecule has 2 aromatic carbocycles. The van der Waals surface area contributed by atoms with E-state index in [1.165, 1.54) is 25.3 Å². The van der Waals surface area contributed by atoms with E-state index >= 15 is 0 Å². The molecule has 0 aromatic heterocycles. The van der Waals surface area contributed by atoms with Crippen LogP contribution in [-0.4, -0.2) is 43.4 Å². The molecule has 5 nitrogen and oxygen atoms in total. The Labute approximate surface area is 174 Å². The van der Waals surface area contributed by atoms with Crippen molar-refractivity contribution in [1.82, 2.24) is 4.90 Å². The highest BCUT2D eigenvalue weighted by molar-refractivity contribution is 5.99. The van der Waals surface area contributed by atoms with Gasteiger partial charge in [0.15, 0.2) is 17.3 Å². The minimum atomic E-state index is -2.98. The normalized spacial score (nSPS) is 14.7. The fourth-order valence-electron chi connectivity index (χ4n) is 3.83. The van der Waals surface area contributed by atoms with E-state index in [-0.39, 0.29) is 29.1 Å². The molecule has 0 spiro atoms. The largest absolute Gasteiger partial charge is 0.493 e. The van der Waals surface area contributed by atoms with Crippen LogP contribution >= 0.6 is 0 Å². The second-order valence-corrected chi connectivity index (χ2v) is 7.49. The summed E-state index contributed by atoms with van der Waals surface area (Å²) >= 11 is 0. The Bertz CT molecular complexity index is 937. The Morgan fingerprint density at radius 1 is 1.03 bits per heavy atom. The van der Waals surface area contributed by atoms with E-state index in [0.717, 1.165) is 16.7 Å². The minimum Gasteiger partial charge on any atom is -0.493 e. The molecule has 3 rings (SSSR count). The number of benzene rings is 2. The van der Waals surface area contributed by atoms with E-state index in [9.17, 15) is 18.4 Å². The van der Waals surface area contributed by atoms with Gasteiger partial charge in [0, 0.05) is 30.1 Å². The zero-order valence-electron chi connectivity index (χ0n) is 17.3. The molecular formula is C23H25F2NO4. The number of likely N-dealkylation sites (tertiary alicyclic amines) is 1. The Balaban J connectivity index is 1.66. The zero-order valence-corrected chi connectivity index (χ0v) is 17.3. The van der Waals surface area contributed by atoms with Gasteiger partial charge in [0.05, 0.1) is 7.11 Å². The second-order valence-electron chi connectivity index (χ2n) is 7.49. The molecule has 0 saturated carbocycles. The van der Waals surface area contributed by atoms with E-state index in [1.54, 1.807) is 4.90 Å². The predicted molar refractivity (Wildman–Crippen MR) is 109 cm³/mol. The molecule has 0 N–H and O–H groups in total. The van der Waals surface area contributed by atoms with Gasteiger partial charge in [0.25, 0.3) is 5.91 Å². The van der Waals surface area contributed by atoms with Crippen LogP contribution in [0.5, 0.6) is 11.5 Å². The first-order chi connectivity index (χ1) is 14.3. The first-order valence-electron chi connectivity index (χ1n) is 9.83. The summed E-state index contributed by atoms with van der Waals surface area (Å²) in [6.45, 7) is 1.87. The van der Waals surface area contributed by atoms with Crippen LogP contribution in [0.25, 0.3) is 0 Å². The van der Waals surface area contributed by atoms with Crippen molar-refractivity contribution in [3.63, 3.8) is 0 Å². The molecule has 1 heterocycles. The third-order valence-corrected chi connectivity index (χ3v) is 5.43. The smallest absolute Gasteiger partial charge is 0.387 e. The Morgan fingerprint density at radius 2 is 1.73 bits per heavy atom. The second kappa shape index (κ2) is 9.24. The molecular weight excluding hydrogens is 392 g/mol. The Morgan fingerprint density at radius 3 is 2.33 bits per heavy atom. The van der Waals surface area contributed by atoms with Crippen LogP contribution in [0, 0.1) is 19.8 Å². The van der Waals surface area contributed by atoms with Crippen LogP contribution in [0.4, 0.5) is 8.78 Å². The molecule has 0 radical (unpaired) electrons. The van der Waals surface area contributed by atoms with E-state index in [0.29, 0.717) is 31.5 Å². The molecule has 0 aliphatic carbocycles. The van der Waals surface area contributed by atoms with Crippen LogP contribution in [0.3, 0.4) is 0 Å². The Kier molecular flexibility index (Phi) is 6.70. The predicted octanol–water partition coefficient (Wildman–Crippen LogP) is 4.65. The number of piperidine rings is 1. The Hall–Kier alpha value is -2.96. The van der Waals surface area contributed by atoms with Gasteiger partial charge in [-0.2, -0.15) is 8.78 Å². The van der Waals surface area contributed by atoms with Crippen molar-refractivity contribution >= 4 is 11.7 Å². The summed E-state index contributed by atoms with van der Waals surface area (Å²) in [5.74, 6) is -0.279. The number of Topliss-reactive ketones (excluding diaryl/α,β-unsaturated/α-hetero) is 1. The van der Waals surface area contributed by atoms with E-state index in [2.05, 4.69) is 4.74 Å². The number of methoxy groups -OCH3 is 1. The topological polar surface area (TPSA) is 55.8 Å². The lowest BCUT2D eigenvalue weighted by molar-refractivity contribution is -0.0512. The van der Waals surface area contributed by atoms with Gasteiger partial charge in [-0.25, -0.2) is 0 Å². The van der Waals surface area contributed by atoms with Gasteiger partial charge in [0.1, 0.15) is 0 Å². The first-order valence-corrected chi connectivity index (χ1v) is 9.83. The summed E-state index contributed by atoms with van der Waals surface area (Å²) in [6, 6.07) is 9.95. The molecule has 160 valence electrons. The SMILES string of the molecule is COc1cc(C(=O)N2CCC(C(=O)c3ccc(C)cc3C)CC2)ccc1OC(F)F. The average molecular weight is 417 g/mol. The lowest BCUT2D eigenvalue weighted by atomic mass is 9.87. The van der Waals surface area contributed by atoms with Crippen LogP contribution in [-0.2, 0) is 0 Å². The van der Waals surface area contributed by atoms with Crippen molar-refractivity contribution in [3.05, 3.63) is 58.7 Å². The molecule has 1 aliphatic rings. The third-order valence-electron chi connectivity index (χ3n) is 5.43. The number of ketones is 1. The molecule has 1 amide bonds. The van der Waals surface area contributed by atoms with Crippen molar-refractivity contribution in [2.75, 3.05) is 20.2 Å². The fraction of sp³-hybridized carbons (Fsp3) is 0.391. The van der Waals surface area contributed by atoms with Crippen LogP contribution in [0.1, 0.15) is 44.7 Å². The summed E-state index contributed by atoms with van der Waals surface area (Å²) in [7, 11) is 1.33. The number of alkyl halides is 2. The van der Waals surface area contributed by atoms with Crippen LogP contribution < -0.4 is 9.47 Å². The van der Waals surface area contributed by atoms with E-state index in [1.807, 2.05) is 32.0 Å². The standard InChI is InChI=1S/C23H25F2NO4/c1-14-4-6-18(15(2)12-14)21(27)16-8-10-26(11-9-16)22(28)17-5-7-19(30-23(24)25)20(13-17)29-3/h4-7,12-13,16,23H,8-11H2,1-3H3. The fourth-order valence-corrected chi connectivity index (χ4v) is 3.83. The number of hydrogen-bond acceptors (Lipinski definition) is 4. The summed E-state index contributed by atoms with van der Waals surface area (Å²) < 4.78 is 34.4. The molecule has 0 bridgehead atoms. The molecule has 2 aromatic rings. The number of ether oxygens (including phenoxy) is 2. The summed E-state index contributed by atoms with van der Waals surface area (Å²) in [5.41, 5.74) is 3.15. The highest BCUT2D eigenvalue weighted by Crippen LogP contribution is 2.31. The first kappa shape index (κ1) is 21.7. The molecule has 0 unspecified atom stereocenters. The van der Waals surface area contributed by atoms with Gasteiger partial charge in [-0.3, -0.25) is 9.59 Å². The van der Waals surface area contributed by atoms with E-state index < -0.39 is 6.61 Å². The lowest BCUT2D eigenvalue weighted by Crippen LogP contribution is -2.40. The number of carbonyl (C=O) groups excluding carboxylic acids is 2. The average Bonchev–Trinajstić information content (AvgIpc) is 2.73. The number of carbonyl (C=O) groups is 2. The van der Waals surface area contributed by atoms with Gasteiger partial charge in [-0.1, -0.05) is 23.8 Å². The molecule has 30 heavy (non-hydrogen) atoms. The monoisotopic (exact) mass is 417 g/mol. The summed E-state index contributed by atoms with van der Waals surface area (Å²) in [4.78, 5) is 27.4. The van der Waals surface area contributed by atoms with Gasteiger partial charge >= 0.3 is 6.61 Å². The van der Waals surface area contributed by atoms with Gasteiger partial charge < -0.3 is 14.4 Å². The number of nitrogens with zero attached hydrogens (tertiary/aromatic N) is 1. The van der Waals surface area contributed by atoms with Gasteiger partial charge in [0.2, 0.25) is 0 Å². The highest BCUT2D eigenvalue weighted by atomic mass is 19.3. The van der Waals surface area contributed by atoms with Gasteiger partial charge in [-0.15, -0.1) is 0 Å². The quantitative estimate of drug-likeness (QED) is 0.642. The van der Waals surface area contributed by atoms with Crippen LogP contribution in [0.15, 0.2) is 36.4 Å². The van der Waals surface area contributed by atoms with Crippen molar-refractivity contribution in [2.24, 2.45) is 5.92 Å². The highest BCUT2D eigenvalue weighted by Gasteiger charge is 2.29. The number of amides is 1. The molecule has 7 heteroatoms. The number of rotatable bonds is 6. The molecule has 1 aliphatic heterocycles. The van der Waals surface area contributed by atoms with E-state index in [4.69, 9.17) is 4.74 Å². The lowest BCUT2D eigenvalue weighted by Gasteiger charge is -2.31. The molecule has 0 atom stereocenters. The molecule has 1 saturated heterocycles. The minimum absolute atomic E-state index is 0.0704. The summed E-state index contributed by atoms with van der Waals surface area (Å²) in [6.07, 6.45) is 1.17. The molecule has 1 fully saturated rings. The number of aryl methyl sites for hydroxylation is 2. The van der Waals surface area contributed by atoms with Crippen LogP contribution in [0.2, 0.25) is 0 Å². The van der Waals surface area contributed by atoms with Crippen molar-refractivity contribution < 1.29 is 27.8 Å². The van der Waals surface area contributed by atoms with Crippen molar-refractivity contribution in [2.45, 2.75) is 33.3 Å².